The molecule has 96 valence electrons. The molecule has 1 heterocycles. The van der Waals surface area contributed by atoms with Gasteiger partial charge in [0.15, 0.2) is 0 Å². The minimum Gasteiger partial charge on any atom is -0.394 e. The van der Waals surface area contributed by atoms with Crippen molar-refractivity contribution >= 4 is 16.5 Å². The topological polar surface area (TPSA) is 49.2 Å². The predicted molar refractivity (Wildman–Crippen MR) is 74.1 cm³/mol. The van der Waals surface area contributed by atoms with Gasteiger partial charge in [-0.15, -0.1) is 10.2 Å². The van der Waals surface area contributed by atoms with Gasteiger partial charge < -0.3 is 10.0 Å². The lowest BCUT2D eigenvalue weighted by Gasteiger charge is -2.21. The van der Waals surface area contributed by atoms with Crippen LogP contribution in [0, 0.1) is 0 Å². The van der Waals surface area contributed by atoms with Gasteiger partial charge in [-0.25, -0.2) is 0 Å². The minimum absolute atomic E-state index is 0.0579. The van der Waals surface area contributed by atoms with Crippen LogP contribution in [0.5, 0.6) is 0 Å². The fourth-order valence-electron chi connectivity index (χ4n) is 1.54. The summed E-state index contributed by atoms with van der Waals surface area (Å²) in [5.74, 6) is 0. The number of aromatic nitrogens is 2. The van der Waals surface area contributed by atoms with Crippen LogP contribution in [-0.2, 0) is 6.42 Å². The second-order valence-corrected chi connectivity index (χ2v) is 5.32. The van der Waals surface area contributed by atoms with E-state index in [1.54, 1.807) is 11.3 Å². The van der Waals surface area contributed by atoms with Crippen molar-refractivity contribution in [2.24, 2.45) is 0 Å². The summed E-state index contributed by atoms with van der Waals surface area (Å²) in [4.78, 5) is 1.95. The molecule has 1 atom stereocenters. The number of hydrogen-bond acceptors (Lipinski definition) is 5. The molecular weight excluding hydrogens is 246 g/mol. The van der Waals surface area contributed by atoms with Crippen molar-refractivity contribution in [3.63, 3.8) is 0 Å². The van der Waals surface area contributed by atoms with E-state index < -0.39 is 0 Å². The molecule has 5 heteroatoms. The first-order valence-electron chi connectivity index (χ1n) is 5.90. The highest BCUT2D eigenvalue weighted by Crippen LogP contribution is 2.22. The highest BCUT2D eigenvalue weighted by atomic mass is 32.1. The van der Waals surface area contributed by atoms with Crippen molar-refractivity contribution in [2.75, 3.05) is 18.6 Å². The largest absolute Gasteiger partial charge is 0.394 e. The quantitative estimate of drug-likeness (QED) is 0.895. The number of rotatable bonds is 5. The maximum Gasteiger partial charge on any atom is 0.208 e. The molecule has 0 amide bonds. The maximum atomic E-state index is 9.12. The Morgan fingerprint density at radius 2 is 2.00 bits per heavy atom. The summed E-state index contributed by atoms with van der Waals surface area (Å²) < 4.78 is 0. The molecule has 2 rings (SSSR count). The molecule has 0 aliphatic rings. The average molecular weight is 263 g/mol. The molecule has 0 radical (unpaired) electrons. The van der Waals surface area contributed by atoms with Gasteiger partial charge in [0, 0.05) is 13.5 Å². The zero-order valence-electron chi connectivity index (χ0n) is 10.6. The predicted octanol–water partition coefficient (Wildman–Crippen LogP) is 1.95. The van der Waals surface area contributed by atoms with Gasteiger partial charge in [0.2, 0.25) is 5.13 Å². The minimum atomic E-state index is 0.0579. The van der Waals surface area contributed by atoms with E-state index in [4.69, 9.17) is 5.11 Å². The third-order valence-electron chi connectivity index (χ3n) is 2.88. The number of nitrogens with zero attached hydrogens (tertiary/aromatic N) is 3. The number of likely N-dealkylation sites (N-methyl/N-ethyl adjacent to an activating group) is 1. The third kappa shape index (κ3) is 3.05. The molecule has 0 fully saturated rings. The lowest BCUT2D eigenvalue weighted by molar-refractivity contribution is 0.270. The van der Waals surface area contributed by atoms with Gasteiger partial charge >= 0.3 is 0 Å². The van der Waals surface area contributed by atoms with E-state index in [1.807, 2.05) is 37.1 Å². The van der Waals surface area contributed by atoms with Gasteiger partial charge in [-0.05, 0) is 12.5 Å². The molecule has 4 nitrogen and oxygen atoms in total. The smallest absolute Gasteiger partial charge is 0.208 e. The summed E-state index contributed by atoms with van der Waals surface area (Å²) >= 11 is 1.57. The van der Waals surface area contributed by atoms with Gasteiger partial charge in [-0.2, -0.15) is 0 Å². The molecule has 1 N–H and O–H groups in total. The Hall–Kier alpha value is -1.46. The molecular formula is C13H17N3OS. The Morgan fingerprint density at radius 1 is 1.28 bits per heavy atom. The van der Waals surface area contributed by atoms with Crippen molar-refractivity contribution in [2.45, 2.75) is 19.4 Å². The summed E-state index contributed by atoms with van der Waals surface area (Å²) in [5.41, 5.74) is 1.23. The molecule has 18 heavy (non-hydrogen) atoms. The Bertz CT molecular complexity index is 486. The first-order chi connectivity index (χ1) is 8.70. The SMILES string of the molecule is CC(CO)N(C)c1nnc(Cc2ccccc2)s1. The van der Waals surface area contributed by atoms with Crippen molar-refractivity contribution < 1.29 is 5.11 Å². The van der Waals surface area contributed by atoms with E-state index in [-0.39, 0.29) is 12.6 Å². The Kier molecular flexibility index (Phi) is 4.28. The summed E-state index contributed by atoms with van der Waals surface area (Å²) in [6.45, 7) is 2.07. The Labute approximate surface area is 111 Å². The van der Waals surface area contributed by atoms with Crippen molar-refractivity contribution in [1.82, 2.24) is 10.2 Å². The molecule has 1 aromatic heterocycles. The van der Waals surface area contributed by atoms with Crippen LogP contribution in [0.25, 0.3) is 0 Å². The fraction of sp³-hybridized carbons (Fsp3) is 0.385. The van der Waals surface area contributed by atoms with Crippen LogP contribution in [0.4, 0.5) is 5.13 Å². The van der Waals surface area contributed by atoms with E-state index in [0.29, 0.717) is 0 Å². The average Bonchev–Trinajstić information content (AvgIpc) is 2.86. The van der Waals surface area contributed by atoms with Crippen LogP contribution >= 0.6 is 11.3 Å². The number of aliphatic hydroxyl groups is 1. The van der Waals surface area contributed by atoms with Crippen LogP contribution in [0.2, 0.25) is 0 Å². The Balaban J connectivity index is 2.07. The van der Waals surface area contributed by atoms with E-state index in [2.05, 4.69) is 22.3 Å². The van der Waals surface area contributed by atoms with Gasteiger partial charge in [0.1, 0.15) is 5.01 Å². The molecule has 0 saturated heterocycles. The summed E-state index contributed by atoms with van der Waals surface area (Å²) in [6, 6.07) is 10.3. The molecule has 2 aromatic rings. The van der Waals surface area contributed by atoms with Crippen molar-refractivity contribution in [3.8, 4) is 0 Å². The lowest BCUT2D eigenvalue weighted by atomic mass is 10.2. The van der Waals surface area contributed by atoms with E-state index in [9.17, 15) is 0 Å². The summed E-state index contributed by atoms with van der Waals surface area (Å²) in [7, 11) is 1.92. The summed E-state index contributed by atoms with van der Waals surface area (Å²) in [5, 5.41) is 19.3. The first kappa shape index (κ1) is 13.0. The molecule has 0 aliphatic heterocycles. The van der Waals surface area contributed by atoms with Crippen LogP contribution < -0.4 is 4.90 Å². The zero-order chi connectivity index (χ0) is 13.0. The molecule has 1 aromatic carbocycles. The van der Waals surface area contributed by atoms with Crippen LogP contribution in [0.15, 0.2) is 30.3 Å². The normalized spacial score (nSPS) is 12.4. The van der Waals surface area contributed by atoms with Crippen molar-refractivity contribution in [3.05, 3.63) is 40.9 Å². The summed E-state index contributed by atoms with van der Waals surface area (Å²) in [6.07, 6.45) is 0.805. The van der Waals surface area contributed by atoms with E-state index in [0.717, 1.165) is 16.6 Å². The standard InChI is InChI=1S/C13H17N3OS/c1-10(9-17)16(2)13-15-14-12(18-13)8-11-6-4-3-5-7-11/h3-7,10,17H,8-9H2,1-2H3. The van der Waals surface area contributed by atoms with Crippen LogP contribution in [0.1, 0.15) is 17.5 Å². The molecule has 0 bridgehead atoms. The number of benzene rings is 1. The third-order valence-corrected chi connectivity index (χ3v) is 3.90. The maximum absolute atomic E-state index is 9.12. The van der Waals surface area contributed by atoms with Gasteiger partial charge in [-0.1, -0.05) is 41.7 Å². The van der Waals surface area contributed by atoms with Crippen molar-refractivity contribution in [1.29, 1.82) is 0 Å². The number of anilines is 1. The van der Waals surface area contributed by atoms with Gasteiger partial charge in [0.05, 0.1) is 12.6 Å². The highest BCUT2D eigenvalue weighted by Gasteiger charge is 2.13. The molecule has 1 unspecified atom stereocenters. The zero-order valence-corrected chi connectivity index (χ0v) is 11.4. The van der Waals surface area contributed by atoms with Crippen LogP contribution in [0.3, 0.4) is 0 Å². The Morgan fingerprint density at radius 3 is 2.67 bits per heavy atom. The molecule has 0 spiro atoms. The van der Waals surface area contributed by atoms with E-state index in [1.165, 1.54) is 5.56 Å². The lowest BCUT2D eigenvalue weighted by Crippen LogP contribution is -2.31. The molecule has 0 aliphatic carbocycles. The molecule has 0 saturated carbocycles. The number of hydrogen-bond donors (Lipinski definition) is 1. The second kappa shape index (κ2) is 5.93. The highest BCUT2D eigenvalue weighted by molar-refractivity contribution is 7.15. The number of aliphatic hydroxyl groups excluding tert-OH is 1. The first-order valence-corrected chi connectivity index (χ1v) is 6.72. The van der Waals surface area contributed by atoms with Gasteiger partial charge in [0.25, 0.3) is 0 Å². The fourth-order valence-corrected chi connectivity index (χ4v) is 2.48. The monoisotopic (exact) mass is 263 g/mol. The van der Waals surface area contributed by atoms with E-state index >= 15 is 0 Å². The second-order valence-electron chi connectivity index (χ2n) is 4.28. The van der Waals surface area contributed by atoms with Crippen LogP contribution in [-0.4, -0.2) is 35.0 Å². The van der Waals surface area contributed by atoms with Gasteiger partial charge in [-0.3, -0.25) is 0 Å².